The molecule has 0 spiro atoms. The van der Waals surface area contributed by atoms with Crippen molar-refractivity contribution < 1.29 is 17.9 Å². The second-order valence-electron chi connectivity index (χ2n) is 5.47. The van der Waals surface area contributed by atoms with Crippen molar-refractivity contribution in [3.63, 3.8) is 0 Å². The maximum Gasteiger partial charge on any atom is 0.243 e. The molecule has 2 heterocycles. The average Bonchev–Trinajstić information content (AvgIpc) is 2.79. The molecule has 6 nitrogen and oxygen atoms in total. The molecule has 0 saturated carbocycles. The van der Waals surface area contributed by atoms with Crippen LogP contribution in [0.4, 0.5) is 0 Å². The lowest BCUT2D eigenvalue weighted by Crippen LogP contribution is -2.38. The lowest BCUT2D eigenvalue weighted by molar-refractivity contribution is 0.296. The number of ether oxygens (including phenoxy) is 2. The molecule has 1 aromatic carbocycles. The molecule has 0 N–H and O–H groups in total. The quantitative estimate of drug-likeness (QED) is 0.829. The van der Waals surface area contributed by atoms with Crippen LogP contribution < -0.4 is 9.47 Å². The Kier molecular flexibility index (Phi) is 4.23. The smallest absolute Gasteiger partial charge is 0.243 e. The molecule has 0 unspecified atom stereocenters. The fraction of sp³-hybridized carbons (Fsp3) is 0.533. The van der Waals surface area contributed by atoms with Crippen molar-refractivity contribution in [2.45, 2.75) is 24.2 Å². The Morgan fingerprint density at radius 2 is 1.82 bits per heavy atom. The normalized spacial score (nSPS) is 20.1. The molecule has 3 rings (SSSR count). The third-order valence-electron chi connectivity index (χ3n) is 3.99. The van der Waals surface area contributed by atoms with Gasteiger partial charge in [-0.2, -0.15) is 9.57 Å². The minimum atomic E-state index is -3.55. The van der Waals surface area contributed by atoms with Crippen molar-refractivity contribution in [3.05, 3.63) is 18.2 Å². The molecule has 7 heteroatoms. The van der Waals surface area contributed by atoms with Crippen LogP contribution in [0.2, 0.25) is 0 Å². The minimum Gasteiger partial charge on any atom is -0.490 e. The van der Waals surface area contributed by atoms with Crippen molar-refractivity contribution in [1.29, 1.82) is 5.26 Å². The highest BCUT2D eigenvalue weighted by molar-refractivity contribution is 7.89. The van der Waals surface area contributed by atoms with E-state index in [1.54, 1.807) is 12.1 Å². The van der Waals surface area contributed by atoms with E-state index in [2.05, 4.69) is 6.07 Å². The summed E-state index contributed by atoms with van der Waals surface area (Å²) in [5.74, 6) is 1.01. The first kappa shape index (κ1) is 15.1. The van der Waals surface area contributed by atoms with E-state index in [1.165, 1.54) is 10.4 Å². The van der Waals surface area contributed by atoms with E-state index >= 15 is 0 Å². The third kappa shape index (κ3) is 2.89. The first-order valence-electron chi connectivity index (χ1n) is 7.40. The summed E-state index contributed by atoms with van der Waals surface area (Å²) in [5.41, 5.74) is 0. The standard InChI is InChI=1S/C15H18N2O4S/c16-11-12-4-6-17(7-5-12)22(18,19)13-2-3-14-15(10-13)21-9-1-8-20-14/h2-3,10,12H,1,4-9H2. The second-order valence-corrected chi connectivity index (χ2v) is 7.40. The monoisotopic (exact) mass is 322 g/mol. The summed E-state index contributed by atoms with van der Waals surface area (Å²) in [6.07, 6.45) is 1.94. The number of hydrogen-bond donors (Lipinski definition) is 0. The van der Waals surface area contributed by atoms with E-state index in [4.69, 9.17) is 14.7 Å². The molecule has 0 radical (unpaired) electrons. The van der Waals surface area contributed by atoms with Crippen LogP contribution in [0.25, 0.3) is 0 Å². The van der Waals surface area contributed by atoms with Crippen LogP contribution in [-0.4, -0.2) is 39.0 Å². The fourth-order valence-electron chi connectivity index (χ4n) is 2.68. The van der Waals surface area contributed by atoms with Crippen molar-refractivity contribution in [2.24, 2.45) is 5.92 Å². The Bertz CT molecular complexity index is 688. The summed E-state index contributed by atoms with van der Waals surface area (Å²) >= 11 is 0. The fourth-order valence-corrected chi connectivity index (χ4v) is 4.16. The lowest BCUT2D eigenvalue weighted by Gasteiger charge is -2.28. The number of nitriles is 1. The van der Waals surface area contributed by atoms with E-state index < -0.39 is 10.0 Å². The molecule has 1 fully saturated rings. The highest BCUT2D eigenvalue weighted by Gasteiger charge is 2.30. The first-order valence-corrected chi connectivity index (χ1v) is 8.84. The van der Waals surface area contributed by atoms with E-state index in [0.717, 1.165) is 6.42 Å². The average molecular weight is 322 g/mol. The molecule has 2 aliphatic heterocycles. The number of fused-ring (bicyclic) bond motifs is 1. The highest BCUT2D eigenvalue weighted by Crippen LogP contribution is 2.33. The van der Waals surface area contributed by atoms with Gasteiger partial charge in [-0.25, -0.2) is 8.42 Å². The molecule has 0 bridgehead atoms. The largest absolute Gasteiger partial charge is 0.490 e. The van der Waals surface area contributed by atoms with Gasteiger partial charge in [-0.1, -0.05) is 0 Å². The van der Waals surface area contributed by atoms with Gasteiger partial charge in [0, 0.05) is 31.5 Å². The molecule has 22 heavy (non-hydrogen) atoms. The maximum atomic E-state index is 12.7. The van der Waals surface area contributed by atoms with Crippen molar-refractivity contribution in [3.8, 4) is 17.6 Å². The van der Waals surface area contributed by atoms with E-state index in [9.17, 15) is 8.42 Å². The SMILES string of the molecule is N#CC1CCN(S(=O)(=O)c2ccc3c(c2)OCCCO3)CC1. The second kappa shape index (κ2) is 6.15. The van der Waals surface area contributed by atoms with Gasteiger partial charge in [-0.3, -0.25) is 0 Å². The first-order chi connectivity index (χ1) is 10.6. The summed E-state index contributed by atoms with van der Waals surface area (Å²) in [6, 6.07) is 6.94. The predicted octanol–water partition coefficient (Wildman–Crippen LogP) is 1.77. The topological polar surface area (TPSA) is 79.6 Å². The Labute approximate surface area is 130 Å². The number of rotatable bonds is 2. The summed E-state index contributed by atoms with van der Waals surface area (Å²) in [7, 11) is -3.55. The van der Waals surface area contributed by atoms with E-state index in [1.807, 2.05) is 0 Å². The predicted molar refractivity (Wildman–Crippen MR) is 79.1 cm³/mol. The molecular weight excluding hydrogens is 304 g/mol. The highest BCUT2D eigenvalue weighted by atomic mass is 32.2. The zero-order valence-corrected chi connectivity index (χ0v) is 13.0. The number of benzene rings is 1. The molecule has 0 amide bonds. The van der Waals surface area contributed by atoms with Crippen molar-refractivity contribution in [2.75, 3.05) is 26.3 Å². The molecule has 0 aliphatic carbocycles. The van der Waals surface area contributed by atoms with Gasteiger partial charge in [-0.15, -0.1) is 0 Å². The van der Waals surface area contributed by atoms with Gasteiger partial charge in [0.15, 0.2) is 11.5 Å². The Balaban J connectivity index is 1.84. The van der Waals surface area contributed by atoms with Crippen molar-refractivity contribution >= 4 is 10.0 Å². The number of piperidine rings is 1. The number of hydrogen-bond acceptors (Lipinski definition) is 5. The molecule has 0 atom stereocenters. The number of sulfonamides is 1. The molecule has 0 aromatic heterocycles. The minimum absolute atomic E-state index is 0.0461. The number of nitrogens with zero attached hydrogens (tertiary/aromatic N) is 2. The van der Waals surface area contributed by atoms with Crippen LogP contribution in [0.5, 0.6) is 11.5 Å². The summed E-state index contributed by atoms with van der Waals surface area (Å²) in [5, 5.41) is 8.91. The molecular formula is C15H18N2O4S. The van der Waals surface area contributed by atoms with Gasteiger partial charge in [0.2, 0.25) is 10.0 Å². The molecule has 1 aromatic rings. The van der Waals surface area contributed by atoms with Gasteiger partial charge < -0.3 is 9.47 Å². The zero-order valence-electron chi connectivity index (χ0n) is 12.2. The van der Waals surface area contributed by atoms with Gasteiger partial charge in [0.05, 0.1) is 24.2 Å². The van der Waals surface area contributed by atoms with Gasteiger partial charge in [-0.05, 0) is 25.0 Å². The Morgan fingerprint density at radius 1 is 1.14 bits per heavy atom. The maximum absolute atomic E-state index is 12.7. The van der Waals surface area contributed by atoms with Crippen LogP contribution in [0, 0.1) is 17.2 Å². The Hall–Kier alpha value is -1.78. The Morgan fingerprint density at radius 3 is 2.50 bits per heavy atom. The van der Waals surface area contributed by atoms with E-state index in [-0.39, 0.29) is 10.8 Å². The summed E-state index contributed by atoms with van der Waals surface area (Å²) in [6.45, 7) is 1.86. The van der Waals surface area contributed by atoms with Crippen LogP contribution in [-0.2, 0) is 10.0 Å². The third-order valence-corrected chi connectivity index (χ3v) is 5.89. The van der Waals surface area contributed by atoms with Crippen LogP contribution >= 0.6 is 0 Å². The van der Waals surface area contributed by atoms with Crippen LogP contribution in [0.3, 0.4) is 0 Å². The van der Waals surface area contributed by atoms with Crippen molar-refractivity contribution in [1.82, 2.24) is 4.31 Å². The summed E-state index contributed by atoms with van der Waals surface area (Å²) < 4.78 is 37.9. The van der Waals surface area contributed by atoms with E-state index in [0.29, 0.717) is 50.6 Å². The lowest BCUT2D eigenvalue weighted by atomic mass is 10.0. The zero-order chi connectivity index (χ0) is 15.6. The molecule has 118 valence electrons. The van der Waals surface area contributed by atoms with Crippen LogP contribution in [0.1, 0.15) is 19.3 Å². The van der Waals surface area contributed by atoms with Gasteiger partial charge in [0.25, 0.3) is 0 Å². The van der Waals surface area contributed by atoms with Gasteiger partial charge in [0.1, 0.15) is 0 Å². The molecule has 1 saturated heterocycles. The van der Waals surface area contributed by atoms with Gasteiger partial charge >= 0.3 is 0 Å². The molecule has 2 aliphatic rings. The van der Waals surface area contributed by atoms with Crippen LogP contribution in [0.15, 0.2) is 23.1 Å². The summed E-state index contributed by atoms with van der Waals surface area (Å²) in [4.78, 5) is 0.215.